The highest BCUT2D eigenvalue weighted by atomic mass is 127. The van der Waals surface area contributed by atoms with E-state index in [1.54, 1.807) is 7.11 Å². The molecule has 0 saturated carbocycles. The van der Waals surface area contributed by atoms with Crippen LogP contribution in [-0.4, -0.2) is 37.6 Å². The lowest BCUT2D eigenvalue weighted by atomic mass is 10.0. The van der Waals surface area contributed by atoms with E-state index in [-0.39, 0.29) is 11.9 Å². The Hall–Kier alpha value is -1.60. The van der Waals surface area contributed by atoms with E-state index < -0.39 is 0 Å². The maximum absolute atomic E-state index is 12.5. The number of carbonyl (C=O) groups is 1. The molecule has 2 aromatic rings. The molecule has 1 aliphatic heterocycles. The molecule has 0 radical (unpaired) electrons. The number of nitrogens with one attached hydrogen (secondary N) is 1. The lowest BCUT2D eigenvalue weighted by Gasteiger charge is -2.28. The summed E-state index contributed by atoms with van der Waals surface area (Å²) in [6, 6.07) is 16.0. The van der Waals surface area contributed by atoms with Crippen LogP contribution in [0.15, 0.2) is 48.5 Å². The van der Waals surface area contributed by atoms with Crippen molar-refractivity contribution in [1.82, 2.24) is 10.2 Å². The standard InChI is InChI=1S/C20H23IN2O2/c1-25-18-6-4-5-16(13-18)19(23-11-2-3-12-23)14-22-20(24)15-7-9-17(21)10-8-15/h4-10,13,19H,2-3,11-12,14H2,1H3,(H,22,24). The monoisotopic (exact) mass is 450 g/mol. The van der Waals surface area contributed by atoms with Crippen LogP contribution in [0.3, 0.4) is 0 Å². The predicted octanol–water partition coefficient (Wildman–Crippen LogP) is 3.87. The van der Waals surface area contributed by atoms with Crippen molar-refractivity contribution in [3.63, 3.8) is 0 Å². The van der Waals surface area contributed by atoms with Gasteiger partial charge >= 0.3 is 0 Å². The highest BCUT2D eigenvalue weighted by Crippen LogP contribution is 2.27. The average Bonchev–Trinajstić information content (AvgIpc) is 3.17. The number of likely N-dealkylation sites (tertiary alicyclic amines) is 1. The smallest absolute Gasteiger partial charge is 0.251 e. The van der Waals surface area contributed by atoms with Crippen LogP contribution in [0.4, 0.5) is 0 Å². The predicted molar refractivity (Wildman–Crippen MR) is 108 cm³/mol. The van der Waals surface area contributed by atoms with Crippen molar-refractivity contribution in [3.05, 3.63) is 63.2 Å². The first-order valence-corrected chi connectivity index (χ1v) is 9.67. The summed E-state index contributed by atoms with van der Waals surface area (Å²) in [7, 11) is 1.68. The third kappa shape index (κ3) is 4.73. The lowest BCUT2D eigenvalue weighted by Crippen LogP contribution is -2.36. The molecule has 1 N–H and O–H groups in total. The molecule has 3 rings (SSSR count). The summed E-state index contributed by atoms with van der Waals surface area (Å²) >= 11 is 2.24. The molecule has 132 valence electrons. The molecule has 2 aromatic carbocycles. The first-order valence-electron chi connectivity index (χ1n) is 8.59. The summed E-state index contributed by atoms with van der Waals surface area (Å²) in [6.45, 7) is 2.74. The van der Waals surface area contributed by atoms with Gasteiger partial charge in [-0.25, -0.2) is 0 Å². The second kappa shape index (κ2) is 8.67. The van der Waals surface area contributed by atoms with Gasteiger partial charge in [-0.3, -0.25) is 9.69 Å². The van der Waals surface area contributed by atoms with Crippen molar-refractivity contribution in [3.8, 4) is 5.75 Å². The molecule has 5 heteroatoms. The molecule has 4 nitrogen and oxygen atoms in total. The van der Waals surface area contributed by atoms with Crippen molar-refractivity contribution in [1.29, 1.82) is 0 Å². The summed E-state index contributed by atoms with van der Waals surface area (Å²) in [5, 5.41) is 3.11. The van der Waals surface area contributed by atoms with Crippen molar-refractivity contribution in [2.75, 3.05) is 26.7 Å². The van der Waals surface area contributed by atoms with Gasteiger partial charge in [-0.2, -0.15) is 0 Å². The maximum Gasteiger partial charge on any atom is 0.251 e. The van der Waals surface area contributed by atoms with Crippen LogP contribution in [0, 0.1) is 3.57 Å². The minimum atomic E-state index is -0.0245. The van der Waals surface area contributed by atoms with Crippen LogP contribution in [0.5, 0.6) is 5.75 Å². The van der Waals surface area contributed by atoms with E-state index in [4.69, 9.17) is 4.74 Å². The Kier molecular flexibility index (Phi) is 6.31. The number of halogens is 1. The molecule has 1 amide bonds. The van der Waals surface area contributed by atoms with E-state index in [0.717, 1.165) is 22.4 Å². The molecule has 1 heterocycles. The van der Waals surface area contributed by atoms with Crippen LogP contribution < -0.4 is 10.1 Å². The lowest BCUT2D eigenvalue weighted by molar-refractivity contribution is 0.0938. The molecular formula is C20H23IN2O2. The van der Waals surface area contributed by atoms with Gasteiger partial charge in [0.25, 0.3) is 5.91 Å². The number of hydrogen-bond donors (Lipinski definition) is 1. The number of ether oxygens (including phenoxy) is 1. The van der Waals surface area contributed by atoms with Gasteiger partial charge in [-0.15, -0.1) is 0 Å². The van der Waals surface area contributed by atoms with Crippen molar-refractivity contribution >= 4 is 28.5 Å². The number of methoxy groups -OCH3 is 1. The Morgan fingerprint density at radius 1 is 1.20 bits per heavy atom. The fourth-order valence-electron chi connectivity index (χ4n) is 3.25. The molecule has 0 aliphatic carbocycles. The number of carbonyl (C=O) groups excluding carboxylic acids is 1. The number of benzene rings is 2. The number of rotatable bonds is 6. The highest BCUT2D eigenvalue weighted by Gasteiger charge is 2.24. The van der Waals surface area contributed by atoms with Gasteiger partial charge < -0.3 is 10.1 Å². The minimum absolute atomic E-state index is 0.0245. The van der Waals surface area contributed by atoms with Crippen LogP contribution in [0.25, 0.3) is 0 Å². The molecule has 25 heavy (non-hydrogen) atoms. The van der Waals surface area contributed by atoms with Crippen LogP contribution in [0.2, 0.25) is 0 Å². The minimum Gasteiger partial charge on any atom is -0.497 e. The fourth-order valence-corrected chi connectivity index (χ4v) is 3.61. The Labute approximate surface area is 162 Å². The van der Waals surface area contributed by atoms with E-state index in [1.165, 1.54) is 18.4 Å². The van der Waals surface area contributed by atoms with Gasteiger partial charge in [0.2, 0.25) is 0 Å². The van der Waals surface area contributed by atoms with Gasteiger partial charge in [0.15, 0.2) is 0 Å². The number of hydrogen-bond acceptors (Lipinski definition) is 3. The summed E-state index contributed by atoms with van der Waals surface area (Å²) < 4.78 is 6.49. The van der Waals surface area contributed by atoms with Crippen LogP contribution in [0.1, 0.15) is 34.8 Å². The van der Waals surface area contributed by atoms with E-state index in [1.807, 2.05) is 36.4 Å². The molecule has 1 aliphatic rings. The molecular weight excluding hydrogens is 427 g/mol. The maximum atomic E-state index is 12.5. The van der Waals surface area contributed by atoms with Crippen molar-refractivity contribution in [2.45, 2.75) is 18.9 Å². The normalized spacial score (nSPS) is 15.8. The zero-order valence-electron chi connectivity index (χ0n) is 14.4. The number of nitrogens with zero attached hydrogens (tertiary/aromatic N) is 1. The van der Waals surface area contributed by atoms with Crippen LogP contribution >= 0.6 is 22.6 Å². The van der Waals surface area contributed by atoms with E-state index in [0.29, 0.717) is 12.1 Å². The first kappa shape index (κ1) is 18.2. The van der Waals surface area contributed by atoms with Gasteiger partial charge in [-0.05, 0) is 90.5 Å². The second-order valence-corrected chi connectivity index (χ2v) is 7.50. The zero-order chi connectivity index (χ0) is 17.6. The Morgan fingerprint density at radius 2 is 1.92 bits per heavy atom. The molecule has 1 unspecified atom stereocenters. The topological polar surface area (TPSA) is 41.6 Å². The van der Waals surface area contributed by atoms with E-state index in [9.17, 15) is 4.79 Å². The molecule has 1 fully saturated rings. The quantitative estimate of drug-likeness (QED) is 0.680. The first-order chi connectivity index (χ1) is 12.2. The number of amides is 1. The average molecular weight is 450 g/mol. The molecule has 1 atom stereocenters. The summed E-state index contributed by atoms with van der Waals surface area (Å²) in [6.07, 6.45) is 2.43. The molecule has 1 saturated heterocycles. The van der Waals surface area contributed by atoms with Gasteiger partial charge in [0, 0.05) is 15.7 Å². The fraction of sp³-hybridized carbons (Fsp3) is 0.350. The van der Waals surface area contributed by atoms with E-state index >= 15 is 0 Å². The largest absolute Gasteiger partial charge is 0.497 e. The van der Waals surface area contributed by atoms with Crippen molar-refractivity contribution in [2.24, 2.45) is 0 Å². The second-order valence-electron chi connectivity index (χ2n) is 6.25. The SMILES string of the molecule is COc1cccc(C(CNC(=O)c2ccc(I)cc2)N2CCCC2)c1. The molecule has 0 spiro atoms. The summed E-state index contributed by atoms with van der Waals surface area (Å²) in [5.41, 5.74) is 1.88. The Morgan fingerprint density at radius 3 is 2.60 bits per heavy atom. The summed E-state index contributed by atoms with van der Waals surface area (Å²) in [4.78, 5) is 14.9. The third-order valence-corrected chi connectivity index (χ3v) is 5.34. The Bertz CT molecular complexity index is 712. The summed E-state index contributed by atoms with van der Waals surface area (Å²) in [5.74, 6) is 0.828. The van der Waals surface area contributed by atoms with Gasteiger partial charge in [0.1, 0.15) is 5.75 Å². The highest BCUT2D eigenvalue weighted by molar-refractivity contribution is 14.1. The third-order valence-electron chi connectivity index (χ3n) is 4.62. The molecule has 0 bridgehead atoms. The molecule has 0 aromatic heterocycles. The van der Waals surface area contributed by atoms with Crippen molar-refractivity contribution < 1.29 is 9.53 Å². The van der Waals surface area contributed by atoms with Gasteiger partial charge in [-0.1, -0.05) is 12.1 Å². The van der Waals surface area contributed by atoms with Crippen LogP contribution in [-0.2, 0) is 0 Å². The van der Waals surface area contributed by atoms with E-state index in [2.05, 4.69) is 44.9 Å². The zero-order valence-corrected chi connectivity index (χ0v) is 16.5. The Balaban J connectivity index is 1.73. The van der Waals surface area contributed by atoms with Gasteiger partial charge in [0.05, 0.1) is 13.2 Å².